The molecular formula is C28H43F2N3O4. The number of hydrogen-bond acceptors (Lipinski definition) is 5. The molecule has 3 rings (SSSR count). The number of amides is 2. The second-order valence-electron chi connectivity index (χ2n) is 10.8. The third kappa shape index (κ3) is 7.71. The van der Waals surface area contributed by atoms with Crippen molar-refractivity contribution >= 4 is 11.8 Å². The number of rotatable bonds is 13. The van der Waals surface area contributed by atoms with E-state index >= 15 is 0 Å². The normalized spacial score (nSPS) is 25.6. The number of nitrogens with zero attached hydrogens (tertiary/aromatic N) is 1. The van der Waals surface area contributed by atoms with E-state index in [9.17, 15) is 23.5 Å². The number of ether oxygens (including phenoxy) is 1. The van der Waals surface area contributed by atoms with Gasteiger partial charge in [-0.25, -0.2) is 8.78 Å². The molecule has 0 aromatic heterocycles. The number of nitrogens with one attached hydrogen (secondary N) is 2. The smallest absolute Gasteiger partial charge is 0.226 e. The van der Waals surface area contributed by atoms with Crippen LogP contribution >= 0.6 is 0 Å². The van der Waals surface area contributed by atoms with Crippen molar-refractivity contribution in [1.82, 2.24) is 15.5 Å². The maximum Gasteiger partial charge on any atom is 0.226 e. The van der Waals surface area contributed by atoms with Gasteiger partial charge in [0.2, 0.25) is 11.8 Å². The van der Waals surface area contributed by atoms with Gasteiger partial charge in [0.05, 0.1) is 30.1 Å². The van der Waals surface area contributed by atoms with Gasteiger partial charge in [-0.2, -0.15) is 0 Å². The van der Waals surface area contributed by atoms with Gasteiger partial charge >= 0.3 is 0 Å². The summed E-state index contributed by atoms with van der Waals surface area (Å²) in [5.41, 5.74) is 0.339. The molecule has 0 aliphatic carbocycles. The van der Waals surface area contributed by atoms with Crippen LogP contribution in [-0.4, -0.2) is 72.4 Å². The SMILES string of the molecule is CCCCO[C@H]1CN[C@@H]([C@@H](O)[C@H](Cc2cc(F)cc(F)c2)NC(=O)C2CN(CCC)C(=O)C2C(C)C)C1. The van der Waals surface area contributed by atoms with E-state index in [2.05, 4.69) is 17.6 Å². The predicted molar refractivity (Wildman–Crippen MR) is 138 cm³/mol. The number of benzene rings is 1. The Kier molecular flexibility index (Phi) is 10.8. The zero-order valence-electron chi connectivity index (χ0n) is 22.5. The first-order valence-electron chi connectivity index (χ1n) is 13.7. The monoisotopic (exact) mass is 523 g/mol. The molecular weight excluding hydrogens is 480 g/mol. The Balaban J connectivity index is 1.78. The van der Waals surface area contributed by atoms with Crippen LogP contribution in [-0.2, 0) is 20.7 Å². The van der Waals surface area contributed by atoms with Gasteiger partial charge < -0.3 is 25.4 Å². The molecule has 0 saturated carbocycles. The van der Waals surface area contributed by atoms with E-state index in [1.807, 2.05) is 20.8 Å². The van der Waals surface area contributed by atoms with Crippen LogP contribution in [0.1, 0.15) is 58.9 Å². The molecule has 0 bridgehead atoms. The Morgan fingerprint density at radius 3 is 2.54 bits per heavy atom. The van der Waals surface area contributed by atoms with Gasteiger partial charge in [-0.15, -0.1) is 0 Å². The summed E-state index contributed by atoms with van der Waals surface area (Å²) in [7, 11) is 0. The van der Waals surface area contributed by atoms with Crippen molar-refractivity contribution < 1.29 is 28.2 Å². The molecule has 0 spiro atoms. The first-order chi connectivity index (χ1) is 17.6. The van der Waals surface area contributed by atoms with Gasteiger partial charge in [0.15, 0.2) is 0 Å². The van der Waals surface area contributed by atoms with E-state index in [1.54, 1.807) is 4.90 Å². The molecule has 2 aliphatic rings. The summed E-state index contributed by atoms with van der Waals surface area (Å²) in [5, 5.41) is 17.6. The molecule has 208 valence electrons. The number of aliphatic hydroxyl groups excluding tert-OH is 1. The van der Waals surface area contributed by atoms with Crippen LogP contribution in [0.25, 0.3) is 0 Å². The largest absolute Gasteiger partial charge is 0.389 e. The standard InChI is InChI=1S/C28H43F2N3O4/c1-5-7-9-37-21-14-23(31-15-21)26(34)24(12-18-10-19(29)13-20(30)11-18)32-27(35)22-16-33(8-6-2)28(36)25(22)17(3)4/h10-11,13,17,21-26,31,34H,5-9,12,14-16H2,1-4H3,(H,32,35)/t21-,22?,23-,24+,25?,26-/m1/s1. The lowest BCUT2D eigenvalue weighted by Gasteiger charge is -2.30. The van der Waals surface area contributed by atoms with Gasteiger partial charge in [0.25, 0.3) is 0 Å². The Morgan fingerprint density at radius 2 is 1.92 bits per heavy atom. The molecule has 9 heteroatoms. The molecule has 37 heavy (non-hydrogen) atoms. The highest BCUT2D eigenvalue weighted by atomic mass is 19.1. The van der Waals surface area contributed by atoms with E-state index in [0.717, 1.165) is 25.3 Å². The highest BCUT2D eigenvalue weighted by Crippen LogP contribution is 2.32. The van der Waals surface area contributed by atoms with Crippen molar-refractivity contribution in [3.63, 3.8) is 0 Å². The highest BCUT2D eigenvalue weighted by molar-refractivity contribution is 5.91. The van der Waals surface area contributed by atoms with Crippen molar-refractivity contribution in [3.8, 4) is 0 Å². The molecule has 2 amide bonds. The summed E-state index contributed by atoms with van der Waals surface area (Å²) in [4.78, 5) is 28.3. The molecule has 2 aliphatic heterocycles. The fourth-order valence-electron chi connectivity index (χ4n) is 5.62. The molecule has 6 atom stereocenters. The van der Waals surface area contributed by atoms with Crippen molar-refractivity contribution in [2.75, 3.05) is 26.2 Å². The molecule has 2 heterocycles. The summed E-state index contributed by atoms with van der Waals surface area (Å²) < 4.78 is 33.7. The molecule has 0 radical (unpaired) electrons. The van der Waals surface area contributed by atoms with Crippen LogP contribution in [0.5, 0.6) is 0 Å². The number of likely N-dealkylation sites (tertiary alicyclic amines) is 1. The highest BCUT2D eigenvalue weighted by Gasteiger charge is 2.46. The Bertz CT molecular complexity index is 895. The summed E-state index contributed by atoms with van der Waals surface area (Å²) in [6.07, 6.45) is 2.33. The number of carbonyl (C=O) groups is 2. The van der Waals surface area contributed by atoms with Crippen LogP contribution in [0.15, 0.2) is 18.2 Å². The number of halogens is 2. The van der Waals surface area contributed by atoms with Gasteiger partial charge in [-0.1, -0.05) is 34.1 Å². The van der Waals surface area contributed by atoms with Crippen LogP contribution in [0, 0.1) is 29.4 Å². The Morgan fingerprint density at radius 1 is 1.22 bits per heavy atom. The number of hydrogen-bond donors (Lipinski definition) is 3. The number of carbonyl (C=O) groups excluding carboxylic acids is 2. The van der Waals surface area contributed by atoms with Crippen LogP contribution in [0.4, 0.5) is 8.78 Å². The topological polar surface area (TPSA) is 90.9 Å². The minimum absolute atomic E-state index is 0.0224. The average molecular weight is 524 g/mol. The molecule has 2 unspecified atom stereocenters. The number of unbranched alkanes of at least 4 members (excludes halogenated alkanes) is 1. The molecule has 7 nitrogen and oxygen atoms in total. The number of aliphatic hydroxyl groups is 1. The van der Waals surface area contributed by atoms with Crippen LogP contribution in [0.3, 0.4) is 0 Å². The molecule has 1 aromatic carbocycles. The predicted octanol–water partition coefficient (Wildman–Crippen LogP) is 3.04. The minimum Gasteiger partial charge on any atom is -0.389 e. The Labute approximate surface area is 219 Å². The maximum absolute atomic E-state index is 13.9. The van der Waals surface area contributed by atoms with Crippen LogP contribution in [0.2, 0.25) is 0 Å². The van der Waals surface area contributed by atoms with Gasteiger partial charge in [0, 0.05) is 38.3 Å². The summed E-state index contributed by atoms with van der Waals surface area (Å²) in [5.74, 6) is -2.80. The van der Waals surface area contributed by atoms with Crippen molar-refractivity contribution in [1.29, 1.82) is 0 Å². The quantitative estimate of drug-likeness (QED) is 0.346. The first kappa shape index (κ1) is 29.5. The van der Waals surface area contributed by atoms with Crippen molar-refractivity contribution in [2.45, 2.75) is 84.1 Å². The zero-order valence-corrected chi connectivity index (χ0v) is 22.5. The zero-order chi connectivity index (χ0) is 27.1. The fraction of sp³-hybridized carbons (Fsp3) is 0.714. The third-order valence-electron chi connectivity index (χ3n) is 7.50. The van der Waals surface area contributed by atoms with E-state index in [0.29, 0.717) is 38.2 Å². The summed E-state index contributed by atoms with van der Waals surface area (Å²) in [6, 6.07) is 2.07. The van der Waals surface area contributed by atoms with Crippen molar-refractivity contribution in [2.24, 2.45) is 17.8 Å². The lowest BCUT2D eigenvalue weighted by molar-refractivity contribution is -0.135. The lowest BCUT2D eigenvalue weighted by Crippen LogP contribution is -2.54. The molecule has 3 N–H and O–H groups in total. The van der Waals surface area contributed by atoms with Crippen molar-refractivity contribution in [3.05, 3.63) is 35.4 Å². The first-order valence-corrected chi connectivity index (χ1v) is 13.7. The van der Waals surface area contributed by atoms with E-state index in [1.165, 1.54) is 12.1 Å². The van der Waals surface area contributed by atoms with E-state index < -0.39 is 35.6 Å². The average Bonchev–Trinajstić information content (AvgIpc) is 3.43. The molecule has 1 aromatic rings. The summed E-state index contributed by atoms with van der Waals surface area (Å²) >= 11 is 0. The van der Waals surface area contributed by atoms with Gasteiger partial charge in [0.1, 0.15) is 11.6 Å². The third-order valence-corrected chi connectivity index (χ3v) is 7.50. The van der Waals surface area contributed by atoms with Gasteiger partial charge in [-0.3, -0.25) is 9.59 Å². The fourth-order valence-corrected chi connectivity index (χ4v) is 5.62. The van der Waals surface area contributed by atoms with E-state index in [4.69, 9.17) is 4.74 Å². The van der Waals surface area contributed by atoms with Crippen LogP contribution < -0.4 is 10.6 Å². The second kappa shape index (κ2) is 13.6. The van der Waals surface area contributed by atoms with E-state index in [-0.39, 0.29) is 36.3 Å². The molecule has 2 saturated heterocycles. The maximum atomic E-state index is 13.9. The summed E-state index contributed by atoms with van der Waals surface area (Å²) in [6.45, 7) is 10.1. The Hall–Kier alpha value is -2.10. The minimum atomic E-state index is -1.02. The lowest BCUT2D eigenvalue weighted by atomic mass is 9.84. The van der Waals surface area contributed by atoms with Gasteiger partial charge in [-0.05, 0) is 49.3 Å². The molecule has 2 fully saturated rings. The second-order valence-corrected chi connectivity index (χ2v) is 10.8.